The number of nitrogens with zero attached hydrogens (tertiary/aromatic N) is 1. The molecule has 1 aromatic heterocycles. The molecule has 0 aliphatic heterocycles. The minimum absolute atomic E-state index is 0.0549. The SMILES string of the molecule is CCOC(=O)c1c2c3c(c(Nc4cccc(C)c4)ccc3n(C)c1=O)C(=O)c1ccccc1-2. The molecule has 1 heterocycles. The van der Waals surface area contributed by atoms with Crippen LogP contribution in [0.3, 0.4) is 0 Å². The first-order valence-electron chi connectivity index (χ1n) is 10.8. The van der Waals surface area contributed by atoms with Crippen molar-refractivity contribution in [2.75, 3.05) is 11.9 Å². The predicted octanol–water partition coefficient (Wildman–Crippen LogP) is 4.98. The summed E-state index contributed by atoms with van der Waals surface area (Å²) in [6, 6.07) is 18.5. The van der Waals surface area contributed by atoms with Crippen LogP contribution < -0.4 is 10.9 Å². The van der Waals surface area contributed by atoms with E-state index in [2.05, 4.69) is 5.32 Å². The van der Waals surface area contributed by atoms with Crippen LogP contribution in [0.15, 0.2) is 65.5 Å². The Kier molecular flexibility index (Phi) is 4.86. The zero-order valence-electron chi connectivity index (χ0n) is 18.6. The summed E-state index contributed by atoms with van der Waals surface area (Å²) in [5.74, 6) is -0.852. The summed E-state index contributed by atoms with van der Waals surface area (Å²) in [6.07, 6.45) is 0. The van der Waals surface area contributed by atoms with Gasteiger partial charge in [-0.2, -0.15) is 0 Å². The predicted molar refractivity (Wildman–Crippen MR) is 128 cm³/mol. The zero-order valence-corrected chi connectivity index (χ0v) is 18.6. The van der Waals surface area contributed by atoms with Crippen LogP contribution in [-0.4, -0.2) is 22.9 Å². The normalized spacial score (nSPS) is 11.9. The van der Waals surface area contributed by atoms with Crippen molar-refractivity contribution in [1.29, 1.82) is 0 Å². The van der Waals surface area contributed by atoms with Crippen LogP contribution in [0.25, 0.3) is 22.0 Å². The van der Waals surface area contributed by atoms with Crippen LogP contribution in [0.1, 0.15) is 38.8 Å². The van der Waals surface area contributed by atoms with E-state index in [9.17, 15) is 14.4 Å². The van der Waals surface area contributed by atoms with E-state index in [1.807, 2.05) is 31.2 Å². The quantitative estimate of drug-likeness (QED) is 0.401. The monoisotopic (exact) mass is 438 g/mol. The summed E-state index contributed by atoms with van der Waals surface area (Å²) < 4.78 is 6.66. The van der Waals surface area contributed by atoms with Crippen molar-refractivity contribution in [3.8, 4) is 11.1 Å². The summed E-state index contributed by atoms with van der Waals surface area (Å²) in [5.41, 5.74) is 4.50. The molecule has 0 spiro atoms. The number of ether oxygens (including phenoxy) is 1. The highest BCUT2D eigenvalue weighted by Gasteiger charge is 2.34. The van der Waals surface area contributed by atoms with Gasteiger partial charge in [0, 0.05) is 29.2 Å². The second-order valence-electron chi connectivity index (χ2n) is 8.09. The summed E-state index contributed by atoms with van der Waals surface area (Å²) >= 11 is 0. The molecule has 33 heavy (non-hydrogen) atoms. The lowest BCUT2D eigenvalue weighted by Gasteiger charge is -2.25. The average molecular weight is 438 g/mol. The van der Waals surface area contributed by atoms with Crippen LogP contribution in [0, 0.1) is 6.92 Å². The van der Waals surface area contributed by atoms with Gasteiger partial charge in [-0.25, -0.2) is 4.79 Å². The fourth-order valence-corrected chi connectivity index (χ4v) is 4.55. The van der Waals surface area contributed by atoms with Crippen LogP contribution >= 0.6 is 0 Å². The third-order valence-corrected chi connectivity index (χ3v) is 6.01. The van der Waals surface area contributed by atoms with Gasteiger partial charge < -0.3 is 14.6 Å². The molecule has 3 aromatic carbocycles. The molecule has 1 N–H and O–H groups in total. The molecule has 0 atom stereocenters. The lowest BCUT2D eigenvalue weighted by Crippen LogP contribution is -2.29. The van der Waals surface area contributed by atoms with Crippen LogP contribution in [0.2, 0.25) is 0 Å². The van der Waals surface area contributed by atoms with E-state index >= 15 is 0 Å². The molecule has 0 radical (unpaired) electrons. The third-order valence-electron chi connectivity index (χ3n) is 6.01. The highest BCUT2D eigenvalue weighted by Crippen LogP contribution is 2.43. The fraction of sp³-hybridized carbons (Fsp3) is 0.148. The van der Waals surface area contributed by atoms with Crippen molar-refractivity contribution in [2.24, 2.45) is 7.05 Å². The summed E-state index contributed by atoms with van der Waals surface area (Å²) in [5, 5.41) is 3.93. The maximum Gasteiger partial charge on any atom is 0.344 e. The number of rotatable bonds is 4. The minimum atomic E-state index is -0.692. The molecule has 0 fully saturated rings. The molecule has 0 amide bonds. The van der Waals surface area contributed by atoms with E-state index in [-0.39, 0.29) is 18.0 Å². The van der Waals surface area contributed by atoms with E-state index in [4.69, 9.17) is 4.74 Å². The van der Waals surface area contributed by atoms with Crippen molar-refractivity contribution >= 4 is 34.0 Å². The first kappa shape index (κ1) is 20.7. The van der Waals surface area contributed by atoms with E-state index in [1.165, 1.54) is 4.57 Å². The lowest BCUT2D eigenvalue weighted by atomic mass is 9.81. The smallest absolute Gasteiger partial charge is 0.344 e. The summed E-state index contributed by atoms with van der Waals surface area (Å²) in [7, 11) is 1.60. The number of carbonyl (C=O) groups is 2. The Bertz CT molecular complexity index is 1530. The first-order valence-corrected chi connectivity index (χ1v) is 10.8. The van der Waals surface area contributed by atoms with Gasteiger partial charge in [0.1, 0.15) is 5.56 Å². The first-order chi connectivity index (χ1) is 15.9. The Balaban J connectivity index is 1.91. The molecule has 1 aliphatic carbocycles. The van der Waals surface area contributed by atoms with Crippen molar-refractivity contribution in [3.63, 3.8) is 0 Å². The topological polar surface area (TPSA) is 77.4 Å². The molecule has 0 saturated carbocycles. The van der Waals surface area contributed by atoms with E-state index in [0.717, 1.165) is 11.3 Å². The second-order valence-corrected chi connectivity index (χ2v) is 8.09. The number of ketones is 1. The number of aryl methyl sites for hydroxylation is 2. The van der Waals surface area contributed by atoms with Gasteiger partial charge in [0.05, 0.1) is 23.4 Å². The zero-order chi connectivity index (χ0) is 23.3. The molecule has 0 saturated heterocycles. The Morgan fingerprint density at radius 3 is 2.45 bits per heavy atom. The Hall–Kier alpha value is -4.19. The van der Waals surface area contributed by atoms with E-state index < -0.39 is 11.5 Å². The van der Waals surface area contributed by atoms with Gasteiger partial charge in [0.25, 0.3) is 5.56 Å². The molecule has 6 heteroatoms. The van der Waals surface area contributed by atoms with Gasteiger partial charge in [-0.3, -0.25) is 9.59 Å². The largest absolute Gasteiger partial charge is 0.462 e. The highest BCUT2D eigenvalue weighted by atomic mass is 16.5. The minimum Gasteiger partial charge on any atom is -0.462 e. The fourth-order valence-electron chi connectivity index (χ4n) is 4.55. The van der Waals surface area contributed by atoms with Crippen molar-refractivity contribution < 1.29 is 14.3 Å². The van der Waals surface area contributed by atoms with Crippen molar-refractivity contribution in [1.82, 2.24) is 4.57 Å². The molecule has 0 unspecified atom stereocenters. The summed E-state index contributed by atoms with van der Waals surface area (Å²) in [4.78, 5) is 40.0. The van der Waals surface area contributed by atoms with E-state index in [0.29, 0.717) is 38.8 Å². The van der Waals surface area contributed by atoms with Gasteiger partial charge in [0.2, 0.25) is 0 Å². The molecular weight excluding hydrogens is 416 g/mol. The molecule has 0 bridgehead atoms. The molecule has 1 aliphatic rings. The van der Waals surface area contributed by atoms with Crippen LogP contribution in [-0.2, 0) is 11.8 Å². The Labute approximate surface area is 190 Å². The number of esters is 1. The number of benzene rings is 3. The van der Waals surface area contributed by atoms with Crippen molar-refractivity contribution in [2.45, 2.75) is 13.8 Å². The standard InChI is InChI=1S/C27H22N2O4/c1-4-33-27(32)24-21-17-10-5-6-11-18(17)25(30)22-19(28-16-9-7-8-15(2)14-16)12-13-20(23(21)22)29(3)26(24)31/h5-14,28H,4H2,1-3H3. The molecule has 164 valence electrons. The average Bonchev–Trinajstić information content (AvgIpc) is 2.80. The number of hydrogen-bond donors (Lipinski definition) is 1. The van der Waals surface area contributed by atoms with Gasteiger partial charge in [-0.15, -0.1) is 0 Å². The van der Waals surface area contributed by atoms with Gasteiger partial charge in [0.15, 0.2) is 5.78 Å². The van der Waals surface area contributed by atoms with Crippen LogP contribution in [0.4, 0.5) is 11.4 Å². The number of hydrogen-bond acceptors (Lipinski definition) is 5. The maximum absolute atomic E-state index is 13.7. The number of carbonyl (C=O) groups excluding carboxylic acids is 2. The molecular formula is C27H22N2O4. The van der Waals surface area contributed by atoms with Gasteiger partial charge >= 0.3 is 5.97 Å². The molecule has 4 aromatic rings. The second kappa shape index (κ2) is 7.74. The van der Waals surface area contributed by atoms with E-state index in [1.54, 1.807) is 50.4 Å². The molecule has 5 rings (SSSR count). The highest BCUT2D eigenvalue weighted by molar-refractivity contribution is 6.29. The number of anilines is 2. The maximum atomic E-state index is 13.7. The number of aromatic nitrogens is 1. The summed E-state index contributed by atoms with van der Waals surface area (Å²) in [6.45, 7) is 3.83. The number of nitrogens with one attached hydrogen (secondary N) is 1. The van der Waals surface area contributed by atoms with Crippen LogP contribution in [0.5, 0.6) is 0 Å². The van der Waals surface area contributed by atoms with Crippen molar-refractivity contribution in [3.05, 3.63) is 93.3 Å². The van der Waals surface area contributed by atoms with Gasteiger partial charge in [-0.1, -0.05) is 36.4 Å². The number of pyridine rings is 1. The van der Waals surface area contributed by atoms with Gasteiger partial charge in [-0.05, 0) is 49.2 Å². The Morgan fingerprint density at radius 2 is 1.73 bits per heavy atom. The third kappa shape index (κ3) is 3.14. The lowest BCUT2D eigenvalue weighted by molar-refractivity contribution is 0.0524. The molecule has 6 nitrogen and oxygen atoms in total. The Morgan fingerprint density at radius 1 is 0.970 bits per heavy atom. The number of fused-ring (bicyclic) bond motifs is 2.